The zero-order chi connectivity index (χ0) is 15.1. The number of pyridine rings is 1. The van der Waals surface area contributed by atoms with Crippen LogP contribution < -0.4 is 10.1 Å². The van der Waals surface area contributed by atoms with Crippen molar-refractivity contribution in [3.63, 3.8) is 0 Å². The Morgan fingerprint density at radius 2 is 2.19 bits per heavy atom. The summed E-state index contributed by atoms with van der Waals surface area (Å²) >= 11 is 0. The Morgan fingerprint density at radius 3 is 2.81 bits per heavy atom. The van der Waals surface area contributed by atoms with E-state index in [2.05, 4.69) is 34.0 Å². The molecule has 1 saturated heterocycles. The highest BCUT2D eigenvalue weighted by atomic mass is 16.5. The fraction of sp³-hybridized carbons (Fsp3) is 0.625. The van der Waals surface area contributed by atoms with Gasteiger partial charge in [-0.3, -0.25) is 9.98 Å². The molecule has 5 nitrogen and oxygen atoms in total. The summed E-state index contributed by atoms with van der Waals surface area (Å²) in [6.07, 6.45) is 4.77. The maximum atomic E-state index is 5.63. The summed E-state index contributed by atoms with van der Waals surface area (Å²) in [6.45, 7) is 8.11. The molecule has 0 radical (unpaired) electrons. The van der Waals surface area contributed by atoms with Crippen LogP contribution in [0.1, 0.15) is 20.3 Å². The van der Waals surface area contributed by atoms with Gasteiger partial charge in [-0.2, -0.15) is 0 Å². The van der Waals surface area contributed by atoms with Gasteiger partial charge >= 0.3 is 0 Å². The fourth-order valence-electron chi connectivity index (χ4n) is 2.93. The largest absolute Gasteiger partial charge is 0.490 e. The van der Waals surface area contributed by atoms with E-state index in [0.29, 0.717) is 6.61 Å². The molecule has 0 aromatic carbocycles. The van der Waals surface area contributed by atoms with Crippen LogP contribution in [0.15, 0.2) is 29.5 Å². The number of likely N-dealkylation sites (tertiary alicyclic amines) is 1. The second-order valence-electron chi connectivity index (χ2n) is 5.86. The predicted octanol–water partition coefficient (Wildman–Crippen LogP) is 2.01. The molecule has 0 amide bonds. The lowest BCUT2D eigenvalue weighted by molar-refractivity contribution is 0.207. The van der Waals surface area contributed by atoms with Gasteiger partial charge < -0.3 is 15.0 Å². The van der Waals surface area contributed by atoms with Gasteiger partial charge in [-0.25, -0.2) is 0 Å². The number of hydrogen-bond acceptors (Lipinski definition) is 3. The molecule has 21 heavy (non-hydrogen) atoms. The van der Waals surface area contributed by atoms with Gasteiger partial charge in [0.25, 0.3) is 0 Å². The van der Waals surface area contributed by atoms with Gasteiger partial charge in [0.2, 0.25) is 0 Å². The molecule has 0 saturated carbocycles. The molecular weight excluding hydrogens is 264 g/mol. The van der Waals surface area contributed by atoms with Gasteiger partial charge in [0.05, 0.1) is 12.7 Å². The first-order valence-electron chi connectivity index (χ1n) is 7.67. The average molecular weight is 290 g/mol. The molecule has 1 aromatic heterocycles. The third-order valence-electron chi connectivity index (χ3n) is 3.67. The van der Waals surface area contributed by atoms with Gasteiger partial charge in [-0.1, -0.05) is 13.8 Å². The number of nitrogens with one attached hydrogen (secondary N) is 1. The standard InChI is InChI=1S/C16H26N4O/c1-13-9-14(2)12-20(11-13)16(17-3)19-7-8-21-15-5-4-6-18-10-15/h4-6,10,13-14H,7-9,11-12H2,1-3H3,(H,17,19). The topological polar surface area (TPSA) is 49.8 Å². The Bertz CT molecular complexity index is 439. The lowest BCUT2D eigenvalue weighted by Gasteiger charge is -2.37. The van der Waals surface area contributed by atoms with E-state index >= 15 is 0 Å². The molecule has 2 unspecified atom stereocenters. The number of aromatic nitrogens is 1. The van der Waals surface area contributed by atoms with E-state index in [1.165, 1.54) is 6.42 Å². The number of rotatable bonds is 4. The quantitative estimate of drug-likeness (QED) is 0.523. The van der Waals surface area contributed by atoms with Crippen molar-refractivity contribution in [2.45, 2.75) is 20.3 Å². The van der Waals surface area contributed by atoms with Crippen molar-refractivity contribution < 1.29 is 4.74 Å². The Hall–Kier alpha value is -1.78. The molecule has 0 bridgehead atoms. The highest BCUT2D eigenvalue weighted by Gasteiger charge is 2.23. The van der Waals surface area contributed by atoms with Crippen LogP contribution in [0.25, 0.3) is 0 Å². The molecule has 2 heterocycles. The van der Waals surface area contributed by atoms with Crippen molar-refractivity contribution >= 4 is 5.96 Å². The second kappa shape index (κ2) is 7.86. The van der Waals surface area contributed by atoms with Crippen LogP contribution in [0.3, 0.4) is 0 Å². The molecule has 1 aliphatic rings. The van der Waals surface area contributed by atoms with Crippen LogP contribution in [0.2, 0.25) is 0 Å². The first kappa shape index (κ1) is 15.6. The molecule has 0 aliphatic carbocycles. The summed E-state index contributed by atoms with van der Waals surface area (Å²) in [4.78, 5) is 10.8. The number of guanidine groups is 1. The van der Waals surface area contributed by atoms with Crippen molar-refractivity contribution in [3.05, 3.63) is 24.5 Å². The van der Waals surface area contributed by atoms with E-state index < -0.39 is 0 Å². The maximum Gasteiger partial charge on any atom is 0.193 e. The fourth-order valence-corrected chi connectivity index (χ4v) is 2.93. The summed E-state index contributed by atoms with van der Waals surface area (Å²) in [5.41, 5.74) is 0. The Balaban J connectivity index is 1.75. The average Bonchev–Trinajstić information content (AvgIpc) is 2.47. The van der Waals surface area contributed by atoms with Crippen molar-refractivity contribution in [2.75, 3.05) is 33.3 Å². The van der Waals surface area contributed by atoms with Crippen molar-refractivity contribution in [1.82, 2.24) is 15.2 Å². The molecule has 1 fully saturated rings. The van der Waals surface area contributed by atoms with Gasteiger partial charge in [0.15, 0.2) is 5.96 Å². The molecule has 0 spiro atoms. The zero-order valence-electron chi connectivity index (χ0n) is 13.2. The number of aliphatic imine (C=N–C) groups is 1. The Kier molecular flexibility index (Phi) is 5.84. The summed E-state index contributed by atoms with van der Waals surface area (Å²) < 4.78 is 5.63. The molecular formula is C16H26N4O. The van der Waals surface area contributed by atoms with E-state index in [0.717, 1.165) is 43.2 Å². The van der Waals surface area contributed by atoms with Crippen LogP contribution in [-0.4, -0.2) is 49.1 Å². The van der Waals surface area contributed by atoms with Crippen LogP contribution in [0.5, 0.6) is 5.75 Å². The van der Waals surface area contributed by atoms with Crippen molar-refractivity contribution in [3.8, 4) is 5.75 Å². The van der Waals surface area contributed by atoms with Gasteiger partial charge in [-0.15, -0.1) is 0 Å². The summed E-state index contributed by atoms with van der Waals surface area (Å²) in [5.74, 6) is 3.22. The third-order valence-corrected chi connectivity index (χ3v) is 3.67. The number of nitrogens with zero attached hydrogens (tertiary/aromatic N) is 3. The van der Waals surface area contributed by atoms with Crippen LogP contribution in [0.4, 0.5) is 0 Å². The van der Waals surface area contributed by atoms with Gasteiger partial charge in [-0.05, 0) is 30.4 Å². The minimum absolute atomic E-state index is 0.601. The Labute approximate surface area is 127 Å². The van der Waals surface area contributed by atoms with Crippen LogP contribution in [0, 0.1) is 11.8 Å². The van der Waals surface area contributed by atoms with Crippen LogP contribution >= 0.6 is 0 Å². The highest BCUT2D eigenvalue weighted by Crippen LogP contribution is 2.20. The Morgan fingerprint density at radius 1 is 1.43 bits per heavy atom. The molecule has 1 N–H and O–H groups in total. The second-order valence-corrected chi connectivity index (χ2v) is 5.86. The smallest absolute Gasteiger partial charge is 0.193 e. The lowest BCUT2D eigenvalue weighted by atomic mass is 9.92. The monoisotopic (exact) mass is 290 g/mol. The minimum atomic E-state index is 0.601. The molecule has 2 rings (SSSR count). The van der Waals surface area contributed by atoms with E-state index in [-0.39, 0.29) is 0 Å². The van der Waals surface area contributed by atoms with Gasteiger partial charge in [0, 0.05) is 26.3 Å². The van der Waals surface area contributed by atoms with Crippen LogP contribution in [-0.2, 0) is 0 Å². The minimum Gasteiger partial charge on any atom is -0.490 e. The van der Waals surface area contributed by atoms with E-state index in [1.807, 2.05) is 19.2 Å². The molecule has 1 aromatic rings. The first-order valence-corrected chi connectivity index (χ1v) is 7.67. The molecule has 5 heteroatoms. The maximum absolute atomic E-state index is 5.63. The van der Waals surface area contributed by atoms with E-state index in [4.69, 9.17) is 4.74 Å². The van der Waals surface area contributed by atoms with E-state index in [9.17, 15) is 0 Å². The molecule has 2 atom stereocenters. The highest BCUT2D eigenvalue weighted by molar-refractivity contribution is 5.80. The van der Waals surface area contributed by atoms with Crippen molar-refractivity contribution in [1.29, 1.82) is 0 Å². The number of piperidine rings is 1. The summed E-state index contributed by atoms with van der Waals surface area (Å²) in [5, 5.41) is 3.38. The SMILES string of the molecule is CN=C(NCCOc1cccnc1)N1CC(C)CC(C)C1. The zero-order valence-corrected chi connectivity index (χ0v) is 13.2. The summed E-state index contributed by atoms with van der Waals surface area (Å²) in [6, 6.07) is 3.79. The first-order chi connectivity index (χ1) is 10.2. The van der Waals surface area contributed by atoms with Gasteiger partial charge in [0.1, 0.15) is 12.4 Å². The third kappa shape index (κ3) is 4.92. The number of hydrogen-bond donors (Lipinski definition) is 1. The predicted molar refractivity (Wildman–Crippen MR) is 85.6 cm³/mol. The molecule has 116 valence electrons. The lowest BCUT2D eigenvalue weighted by Crippen LogP contribution is -2.49. The number of ether oxygens (including phenoxy) is 1. The van der Waals surface area contributed by atoms with Crippen molar-refractivity contribution in [2.24, 2.45) is 16.8 Å². The normalized spacial score (nSPS) is 23.0. The van der Waals surface area contributed by atoms with E-state index in [1.54, 1.807) is 12.4 Å². The molecule has 1 aliphatic heterocycles. The summed E-state index contributed by atoms with van der Waals surface area (Å²) in [7, 11) is 1.84.